The van der Waals surface area contributed by atoms with Gasteiger partial charge in [-0.3, -0.25) is 24.0 Å². The number of unbranched alkanes of at least 4 members (excludes halogenated alkanes) is 1. The molecule has 0 atom stereocenters. The first-order valence-corrected chi connectivity index (χ1v) is 10.7. The van der Waals surface area contributed by atoms with Gasteiger partial charge in [-0.2, -0.15) is 0 Å². The van der Waals surface area contributed by atoms with Gasteiger partial charge in [0.05, 0.1) is 5.52 Å². The van der Waals surface area contributed by atoms with Crippen molar-refractivity contribution in [3.63, 3.8) is 0 Å². The summed E-state index contributed by atoms with van der Waals surface area (Å²) in [5.74, 6) is -0.272. The summed E-state index contributed by atoms with van der Waals surface area (Å²) in [5.41, 5.74) is 6.59. The van der Waals surface area contributed by atoms with Gasteiger partial charge in [0, 0.05) is 12.6 Å². The highest BCUT2D eigenvalue weighted by Gasteiger charge is 2.33. The maximum atomic E-state index is 13.5. The molecule has 0 spiro atoms. The van der Waals surface area contributed by atoms with Crippen LogP contribution in [-0.4, -0.2) is 36.5 Å². The summed E-state index contributed by atoms with van der Waals surface area (Å²) in [5, 5.41) is 8.20. The minimum absolute atomic E-state index is 0.0332. The Kier molecular flexibility index (Phi) is 5.88. The quantitative estimate of drug-likeness (QED) is 0.591. The topological polar surface area (TPSA) is 132 Å². The van der Waals surface area contributed by atoms with Crippen LogP contribution in [-0.2, 0) is 17.9 Å². The van der Waals surface area contributed by atoms with E-state index in [1.807, 2.05) is 31.2 Å². The molecule has 4 rings (SSSR count). The van der Waals surface area contributed by atoms with Gasteiger partial charge in [0.1, 0.15) is 17.9 Å². The zero-order chi connectivity index (χ0) is 22.0. The lowest BCUT2D eigenvalue weighted by atomic mass is 10.2. The van der Waals surface area contributed by atoms with Crippen LogP contribution in [0.2, 0.25) is 0 Å². The first-order chi connectivity index (χ1) is 15.0. The maximum Gasteiger partial charge on any atom is 0.330 e. The Bertz CT molecular complexity index is 1200. The van der Waals surface area contributed by atoms with Gasteiger partial charge in [0.2, 0.25) is 5.91 Å². The van der Waals surface area contributed by atoms with E-state index in [4.69, 9.17) is 5.73 Å². The molecule has 3 N–H and O–H groups in total. The monoisotopic (exact) mass is 425 g/mol. The zero-order valence-corrected chi connectivity index (χ0v) is 17.6. The number of anilines is 2. The van der Waals surface area contributed by atoms with Crippen molar-refractivity contribution in [2.75, 3.05) is 10.6 Å². The molecule has 1 aliphatic carbocycles. The van der Waals surface area contributed by atoms with E-state index in [9.17, 15) is 14.4 Å². The summed E-state index contributed by atoms with van der Waals surface area (Å²) in [7, 11) is 0. The molecule has 0 unspecified atom stereocenters. The molecule has 3 aromatic rings. The third-order valence-corrected chi connectivity index (χ3v) is 5.85. The van der Waals surface area contributed by atoms with E-state index in [0.29, 0.717) is 12.1 Å². The molecule has 0 radical (unpaired) electrons. The number of rotatable bonds is 7. The Morgan fingerprint density at radius 3 is 2.74 bits per heavy atom. The molecular weight excluding hydrogens is 398 g/mol. The number of carbonyl (C=O) groups excluding carboxylic acids is 1. The standard InChI is InChI=1S/C21H27N7O3/c1-2-3-12-26-19(22)18(20(30)23-21(26)31)28(14-8-4-5-9-14)17(29)13-27-16-11-7-6-10-15(16)24-25-27/h6-7,10-11,14H,2-5,8-9,12-13,22H2,1H3,(H,23,30,31). The van der Waals surface area contributed by atoms with E-state index >= 15 is 0 Å². The highest BCUT2D eigenvalue weighted by molar-refractivity contribution is 5.96. The van der Waals surface area contributed by atoms with Crippen LogP contribution in [0.5, 0.6) is 0 Å². The number of para-hydroxylation sites is 1. The van der Waals surface area contributed by atoms with Crippen molar-refractivity contribution in [2.45, 2.75) is 64.6 Å². The molecule has 31 heavy (non-hydrogen) atoms. The van der Waals surface area contributed by atoms with Gasteiger partial charge >= 0.3 is 5.69 Å². The van der Waals surface area contributed by atoms with E-state index in [0.717, 1.165) is 44.0 Å². The number of hydrogen-bond donors (Lipinski definition) is 2. The molecule has 1 aromatic carbocycles. The highest BCUT2D eigenvalue weighted by Crippen LogP contribution is 2.29. The van der Waals surface area contributed by atoms with Crippen LogP contribution in [0.15, 0.2) is 33.9 Å². The van der Waals surface area contributed by atoms with Crippen LogP contribution >= 0.6 is 0 Å². The van der Waals surface area contributed by atoms with Crippen molar-refractivity contribution in [3.05, 3.63) is 45.1 Å². The molecule has 0 saturated heterocycles. The van der Waals surface area contributed by atoms with Gasteiger partial charge in [0.25, 0.3) is 5.56 Å². The Labute approximate surface area is 178 Å². The number of amides is 1. The number of H-pyrrole nitrogens is 1. The molecule has 2 heterocycles. The smallest absolute Gasteiger partial charge is 0.330 e. The number of nitrogens with zero attached hydrogens (tertiary/aromatic N) is 5. The average molecular weight is 425 g/mol. The van der Waals surface area contributed by atoms with E-state index in [-0.39, 0.29) is 30.0 Å². The lowest BCUT2D eigenvalue weighted by molar-refractivity contribution is -0.119. The van der Waals surface area contributed by atoms with Crippen molar-refractivity contribution in [1.29, 1.82) is 0 Å². The van der Waals surface area contributed by atoms with Crippen LogP contribution in [0.25, 0.3) is 11.0 Å². The second kappa shape index (κ2) is 8.75. The lowest BCUT2D eigenvalue weighted by Crippen LogP contribution is -2.46. The van der Waals surface area contributed by atoms with Crippen LogP contribution in [0.1, 0.15) is 45.4 Å². The minimum Gasteiger partial charge on any atom is -0.383 e. The number of carbonyl (C=O) groups is 1. The van der Waals surface area contributed by atoms with E-state index in [1.54, 1.807) is 0 Å². The fourth-order valence-corrected chi connectivity index (χ4v) is 4.26. The van der Waals surface area contributed by atoms with Gasteiger partial charge in [-0.15, -0.1) is 5.10 Å². The molecule has 0 bridgehead atoms. The normalized spacial score (nSPS) is 14.4. The van der Waals surface area contributed by atoms with Crippen LogP contribution < -0.4 is 21.9 Å². The number of nitrogens with one attached hydrogen (secondary N) is 1. The number of nitrogens with two attached hydrogens (primary N) is 1. The summed E-state index contributed by atoms with van der Waals surface area (Å²) < 4.78 is 2.87. The second-order valence-electron chi connectivity index (χ2n) is 7.94. The minimum atomic E-state index is -0.640. The number of hydrogen-bond acceptors (Lipinski definition) is 6. The summed E-state index contributed by atoms with van der Waals surface area (Å²) >= 11 is 0. The van der Waals surface area contributed by atoms with E-state index in [1.165, 1.54) is 14.1 Å². The maximum absolute atomic E-state index is 13.5. The molecule has 2 aromatic heterocycles. The average Bonchev–Trinajstić information content (AvgIpc) is 3.41. The number of aromatic amines is 1. The van der Waals surface area contributed by atoms with Crippen molar-refractivity contribution in [2.24, 2.45) is 0 Å². The Balaban J connectivity index is 1.76. The van der Waals surface area contributed by atoms with Gasteiger partial charge in [-0.25, -0.2) is 9.48 Å². The van der Waals surface area contributed by atoms with E-state index < -0.39 is 11.2 Å². The summed E-state index contributed by atoms with van der Waals surface area (Å²) in [6.07, 6.45) is 5.08. The second-order valence-corrected chi connectivity index (χ2v) is 7.94. The molecule has 10 nitrogen and oxygen atoms in total. The molecule has 0 aliphatic heterocycles. The van der Waals surface area contributed by atoms with Crippen LogP contribution in [0.4, 0.5) is 11.5 Å². The van der Waals surface area contributed by atoms with Gasteiger partial charge in [0.15, 0.2) is 5.69 Å². The van der Waals surface area contributed by atoms with Crippen molar-refractivity contribution in [1.82, 2.24) is 24.5 Å². The summed E-state index contributed by atoms with van der Waals surface area (Å²) in [6.45, 7) is 2.31. The molecule has 164 valence electrons. The predicted octanol–water partition coefficient (Wildman–Crippen LogP) is 1.64. The lowest BCUT2D eigenvalue weighted by Gasteiger charge is -2.30. The van der Waals surface area contributed by atoms with Crippen molar-refractivity contribution >= 4 is 28.4 Å². The number of nitrogen functional groups attached to an aromatic ring is 1. The zero-order valence-electron chi connectivity index (χ0n) is 17.6. The molecular formula is C21H27N7O3. The van der Waals surface area contributed by atoms with Gasteiger partial charge in [-0.1, -0.05) is 43.5 Å². The molecule has 1 fully saturated rings. The van der Waals surface area contributed by atoms with Crippen molar-refractivity contribution < 1.29 is 4.79 Å². The number of benzene rings is 1. The predicted molar refractivity (Wildman–Crippen MR) is 118 cm³/mol. The van der Waals surface area contributed by atoms with Crippen LogP contribution in [0, 0.1) is 0 Å². The third-order valence-electron chi connectivity index (χ3n) is 5.85. The Morgan fingerprint density at radius 2 is 2.00 bits per heavy atom. The highest BCUT2D eigenvalue weighted by atomic mass is 16.2. The largest absolute Gasteiger partial charge is 0.383 e. The first-order valence-electron chi connectivity index (χ1n) is 10.7. The fraction of sp³-hybridized carbons (Fsp3) is 0.476. The first kappa shape index (κ1) is 20.8. The molecule has 1 amide bonds. The van der Waals surface area contributed by atoms with Gasteiger partial charge in [-0.05, 0) is 31.4 Å². The Hall–Kier alpha value is -3.43. The fourth-order valence-electron chi connectivity index (χ4n) is 4.26. The van der Waals surface area contributed by atoms with Crippen molar-refractivity contribution in [3.8, 4) is 0 Å². The number of aromatic nitrogens is 5. The summed E-state index contributed by atoms with van der Waals surface area (Å²) in [6, 6.07) is 7.23. The number of fused-ring (bicyclic) bond motifs is 1. The SMILES string of the molecule is CCCCn1c(N)c(N(C(=O)Cn2nnc3ccccc32)C2CCCC2)c(=O)[nH]c1=O. The Morgan fingerprint density at radius 1 is 1.26 bits per heavy atom. The van der Waals surface area contributed by atoms with E-state index in [2.05, 4.69) is 15.3 Å². The van der Waals surface area contributed by atoms with Gasteiger partial charge < -0.3 is 5.73 Å². The third kappa shape index (κ3) is 3.97. The molecule has 1 saturated carbocycles. The van der Waals surface area contributed by atoms with Crippen LogP contribution in [0.3, 0.4) is 0 Å². The molecule has 10 heteroatoms. The summed E-state index contributed by atoms with van der Waals surface area (Å²) in [4.78, 5) is 42.5. The molecule has 1 aliphatic rings.